The highest BCUT2D eigenvalue weighted by molar-refractivity contribution is 5.86. The number of hydrogen-bond donors (Lipinski definition) is 2. The minimum absolute atomic E-state index is 0.195. The zero-order valence-corrected chi connectivity index (χ0v) is 15.2. The predicted octanol–water partition coefficient (Wildman–Crippen LogP) is 1.51. The summed E-state index contributed by atoms with van der Waals surface area (Å²) >= 11 is 0. The van der Waals surface area contributed by atoms with Crippen molar-refractivity contribution in [3.63, 3.8) is 0 Å². The Kier molecular flexibility index (Phi) is 5.38. The molecule has 0 aliphatic carbocycles. The van der Waals surface area contributed by atoms with Crippen molar-refractivity contribution in [2.45, 2.75) is 38.5 Å². The van der Waals surface area contributed by atoms with Crippen molar-refractivity contribution in [2.24, 2.45) is 7.05 Å². The van der Waals surface area contributed by atoms with E-state index in [0.29, 0.717) is 26.1 Å². The van der Waals surface area contributed by atoms with Gasteiger partial charge in [-0.2, -0.15) is 5.10 Å². The number of aliphatic hydroxyl groups is 1. The van der Waals surface area contributed by atoms with Crippen LogP contribution in [0.25, 0.3) is 0 Å². The van der Waals surface area contributed by atoms with Gasteiger partial charge in [0, 0.05) is 44.5 Å². The maximum atomic E-state index is 13.0. The zero-order chi connectivity index (χ0) is 18.7. The Labute approximate surface area is 152 Å². The third-order valence-corrected chi connectivity index (χ3v) is 5.06. The van der Waals surface area contributed by atoms with Crippen LogP contribution in [0, 0.1) is 12.7 Å². The Hall–Kier alpha value is -2.25. The molecule has 1 fully saturated rings. The van der Waals surface area contributed by atoms with Crippen LogP contribution in [0.15, 0.2) is 30.5 Å². The van der Waals surface area contributed by atoms with Crippen molar-refractivity contribution in [2.75, 3.05) is 13.1 Å². The van der Waals surface area contributed by atoms with E-state index in [2.05, 4.69) is 10.4 Å². The highest BCUT2D eigenvalue weighted by Gasteiger charge is 2.41. The summed E-state index contributed by atoms with van der Waals surface area (Å²) < 4.78 is 14.8. The number of nitrogens with zero attached hydrogens (tertiary/aromatic N) is 3. The molecule has 1 atom stereocenters. The lowest BCUT2D eigenvalue weighted by Gasteiger charge is -2.38. The molecule has 26 heavy (non-hydrogen) atoms. The minimum atomic E-state index is -1.41. The maximum absolute atomic E-state index is 13.0. The molecule has 7 heteroatoms. The standard InChI is InChI=1S/C19H25FN4O2/c1-14-16(11-22-23(14)2)10-21-13-19(26)8-3-9-24(18(19)25)12-15-4-6-17(20)7-5-15/h4-7,11,21,26H,3,8-10,12-13H2,1-2H3. The largest absolute Gasteiger partial charge is 0.379 e. The second-order valence-electron chi connectivity index (χ2n) is 6.97. The molecule has 140 valence electrons. The lowest BCUT2D eigenvalue weighted by molar-refractivity contribution is -0.157. The summed E-state index contributed by atoms with van der Waals surface area (Å²) in [5.41, 5.74) is 1.54. The minimum Gasteiger partial charge on any atom is -0.379 e. The van der Waals surface area contributed by atoms with E-state index >= 15 is 0 Å². The first-order chi connectivity index (χ1) is 12.4. The molecule has 3 rings (SSSR count). The Morgan fingerprint density at radius 2 is 2.08 bits per heavy atom. The summed E-state index contributed by atoms with van der Waals surface area (Å²) in [6.45, 7) is 3.70. The van der Waals surface area contributed by atoms with E-state index in [1.807, 2.05) is 14.0 Å². The maximum Gasteiger partial charge on any atom is 0.256 e. The molecular formula is C19H25FN4O2. The van der Waals surface area contributed by atoms with Gasteiger partial charge in [0.05, 0.1) is 6.20 Å². The Bertz CT molecular complexity index is 774. The van der Waals surface area contributed by atoms with Gasteiger partial charge in [0.15, 0.2) is 5.60 Å². The number of likely N-dealkylation sites (tertiary alicyclic amines) is 1. The quantitative estimate of drug-likeness (QED) is 0.819. The van der Waals surface area contributed by atoms with Gasteiger partial charge >= 0.3 is 0 Å². The van der Waals surface area contributed by atoms with Crippen LogP contribution in [0.5, 0.6) is 0 Å². The van der Waals surface area contributed by atoms with E-state index in [9.17, 15) is 14.3 Å². The summed E-state index contributed by atoms with van der Waals surface area (Å²) in [4.78, 5) is 14.4. The van der Waals surface area contributed by atoms with Gasteiger partial charge in [0.25, 0.3) is 5.91 Å². The third kappa shape index (κ3) is 3.94. The average Bonchev–Trinajstić information content (AvgIpc) is 2.93. The van der Waals surface area contributed by atoms with Crippen molar-refractivity contribution in [3.05, 3.63) is 53.1 Å². The van der Waals surface area contributed by atoms with Crippen molar-refractivity contribution in [3.8, 4) is 0 Å². The summed E-state index contributed by atoms with van der Waals surface area (Å²) in [7, 11) is 1.88. The third-order valence-electron chi connectivity index (χ3n) is 5.06. The number of carbonyl (C=O) groups is 1. The molecule has 1 amide bonds. The highest BCUT2D eigenvalue weighted by Crippen LogP contribution is 2.24. The molecule has 0 saturated carbocycles. The molecule has 6 nitrogen and oxygen atoms in total. The molecule has 1 aromatic carbocycles. The fourth-order valence-electron chi connectivity index (χ4n) is 3.31. The number of aryl methyl sites for hydroxylation is 1. The number of amides is 1. The normalized spacial score (nSPS) is 20.6. The first kappa shape index (κ1) is 18.5. The Morgan fingerprint density at radius 1 is 1.35 bits per heavy atom. The molecule has 1 saturated heterocycles. The number of benzene rings is 1. The summed E-state index contributed by atoms with van der Waals surface area (Å²) in [6.07, 6.45) is 2.96. The second kappa shape index (κ2) is 7.55. The van der Waals surface area contributed by atoms with Gasteiger partial charge in [-0.25, -0.2) is 4.39 Å². The van der Waals surface area contributed by atoms with Crippen molar-refractivity contribution in [1.82, 2.24) is 20.0 Å². The first-order valence-electron chi connectivity index (χ1n) is 8.83. The van der Waals surface area contributed by atoms with Gasteiger partial charge in [0.1, 0.15) is 5.82 Å². The lowest BCUT2D eigenvalue weighted by Crippen LogP contribution is -2.57. The number of hydrogen-bond acceptors (Lipinski definition) is 4. The molecule has 2 aromatic rings. The van der Waals surface area contributed by atoms with Crippen LogP contribution >= 0.6 is 0 Å². The van der Waals surface area contributed by atoms with Gasteiger partial charge < -0.3 is 15.3 Å². The van der Waals surface area contributed by atoms with Crippen molar-refractivity contribution in [1.29, 1.82) is 0 Å². The van der Waals surface area contributed by atoms with Crippen LogP contribution in [0.4, 0.5) is 4.39 Å². The van der Waals surface area contributed by atoms with E-state index in [1.165, 1.54) is 12.1 Å². The number of aromatic nitrogens is 2. The van der Waals surface area contributed by atoms with Crippen LogP contribution in [0.1, 0.15) is 29.7 Å². The lowest BCUT2D eigenvalue weighted by atomic mass is 9.91. The number of nitrogens with one attached hydrogen (secondary N) is 1. The van der Waals surface area contributed by atoms with Gasteiger partial charge in [0.2, 0.25) is 0 Å². The second-order valence-corrected chi connectivity index (χ2v) is 6.97. The van der Waals surface area contributed by atoms with Gasteiger partial charge in [-0.3, -0.25) is 9.48 Å². The molecule has 0 bridgehead atoms. The van der Waals surface area contributed by atoms with Gasteiger partial charge in [-0.05, 0) is 37.5 Å². The first-order valence-corrected chi connectivity index (χ1v) is 8.83. The Balaban J connectivity index is 1.60. The molecule has 0 radical (unpaired) electrons. The van der Waals surface area contributed by atoms with E-state index < -0.39 is 5.60 Å². The summed E-state index contributed by atoms with van der Waals surface area (Å²) in [5, 5.41) is 18.2. The Morgan fingerprint density at radius 3 is 2.73 bits per heavy atom. The molecule has 1 aliphatic rings. The van der Waals surface area contributed by atoms with Crippen LogP contribution in [0.3, 0.4) is 0 Å². The molecule has 2 heterocycles. The molecule has 1 unspecified atom stereocenters. The fraction of sp³-hybridized carbons (Fsp3) is 0.474. The number of carbonyl (C=O) groups excluding carboxylic acids is 1. The number of halogens is 1. The summed E-state index contributed by atoms with van der Waals surface area (Å²) in [5.74, 6) is -0.575. The van der Waals surface area contributed by atoms with Crippen LogP contribution in [-0.4, -0.2) is 44.4 Å². The van der Waals surface area contributed by atoms with Crippen molar-refractivity contribution < 1.29 is 14.3 Å². The van der Waals surface area contributed by atoms with Gasteiger partial charge in [-0.15, -0.1) is 0 Å². The van der Waals surface area contributed by atoms with E-state index in [0.717, 1.165) is 23.2 Å². The smallest absolute Gasteiger partial charge is 0.256 e. The topological polar surface area (TPSA) is 70.4 Å². The van der Waals surface area contributed by atoms with E-state index in [1.54, 1.807) is 27.9 Å². The van der Waals surface area contributed by atoms with Crippen LogP contribution < -0.4 is 5.32 Å². The van der Waals surface area contributed by atoms with Crippen molar-refractivity contribution >= 4 is 5.91 Å². The molecule has 2 N–H and O–H groups in total. The molecule has 0 spiro atoms. The van der Waals surface area contributed by atoms with Gasteiger partial charge in [-0.1, -0.05) is 12.1 Å². The van der Waals surface area contributed by atoms with Crippen LogP contribution in [-0.2, 0) is 24.9 Å². The molecule has 1 aliphatic heterocycles. The molecular weight excluding hydrogens is 335 g/mol. The average molecular weight is 360 g/mol. The highest BCUT2D eigenvalue weighted by atomic mass is 19.1. The van der Waals surface area contributed by atoms with E-state index in [4.69, 9.17) is 0 Å². The summed E-state index contributed by atoms with van der Waals surface area (Å²) in [6, 6.07) is 6.10. The fourth-order valence-corrected chi connectivity index (χ4v) is 3.31. The monoisotopic (exact) mass is 360 g/mol. The number of rotatable bonds is 6. The SMILES string of the molecule is Cc1c(CNCC2(O)CCCN(Cc3ccc(F)cc3)C2=O)cnn1C. The number of piperidine rings is 1. The molecule has 1 aromatic heterocycles. The van der Waals surface area contributed by atoms with Crippen LogP contribution in [0.2, 0.25) is 0 Å². The van der Waals surface area contributed by atoms with E-state index in [-0.39, 0.29) is 18.3 Å². The predicted molar refractivity (Wildman–Crippen MR) is 95.7 cm³/mol. The zero-order valence-electron chi connectivity index (χ0n) is 15.2.